The summed E-state index contributed by atoms with van der Waals surface area (Å²) in [7, 11) is 1.65. The minimum Gasteiger partial charge on any atom is -0.497 e. The minimum atomic E-state index is -0.599. The quantitative estimate of drug-likeness (QED) is 0.190. The summed E-state index contributed by atoms with van der Waals surface area (Å²) in [6, 6.07) is 36.2. The van der Waals surface area contributed by atoms with Crippen LogP contribution in [0.15, 0.2) is 114 Å². The fourth-order valence-corrected chi connectivity index (χ4v) is 6.01. The van der Waals surface area contributed by atoms with Crippen LogP contribution in [0.3, 0.4) is 0 Å². The van der Waals surface area contributed by atoms with E-state index in [-0.39, 0.29) is 6.61 Å². The molecule has 0 aromatic heterocycles. The fraction of sp³-hybridized carbons (Fsp3) is 0.314. The molecule has 6 nitrogen and oxygen atoms in total. The van der Waals surface area contributed by atoms with E-state index >= 15 is 0 Å². The van der Waals surface area contributed by atoms with Crippen molar-refractivity contribution in [3.8, 4) is 5.75 Å². The zero-order chi connectivity index (χ0) is 29.1. The molecule has 7 heteroatoms. The number of aryl methyl sites for hydroxylation is 1. The number of methoxy groups -OCH3 is 1. The highest BCUT2D eigenvalue weighted by molar-refractivity contribution is 7.99. The maximum Gasteiger partial charge on any atom is 0.137 e. The first kappa shape index (κ1) is 30.3. The average molecular weight is 587 g/mol. The van der Waals surface area contributed by atoms with Crippen molar-refractivity contribution >= 4 is 11.8 Å². The molecule has 0 unspecified atom stereocenters. The predicted octanol–water partition coefficient (Wildman–Crippen LogP) is 6.57. The highest BCUT2D eigenvalue weighted by atomic mass is 32.2. The molecule has 0 amide bonds. The van der Waals surface area contributed by atoms with Crippen LogP contribution in [0.1, 0.15) is 22.3 Å². The molecule has 0 radical (unpaired) electrons. The van der Waals surface area contributed by atoms with Gasteiger partial charge >= 0.3 is 0 Å². The van der Waals surface area contributed by atoms with Crippen LogP contribution in [0, 0.1) is 6.92 Å². The summed E-state index contributed by atoms with van der Waals surface area (Å²) < 4.78 is 31.7. The van der Waals surface area contributed by atoms with Crippen LogP contribution in [0.4, 0.5) is 0 Å². The molecule has 0 spiro atoms. The molecule has 0 aliphatic carbocycles. The van der Waals surface area contributed by atoms with Gasteiger partial charge in [-0.2, -0.15) is 0 Å². The number of thioether (sulfide) groups is 1. The first-order chi connectivity index (χ1) is 20.6. The maximum absolute atomic E-state index is 10.5. The van der Waals surface area contributed by atoms with Gasteiger partial charge in [0, 0.05) is 4.90 Å². The number of aliphatic hydroxyl groups excluding tert-OH is 1. The van der Waals surface area contributed by atoms with Gasteiger partial charge in [0.15, 0.2) is 0 Å². The van der Waals surface area contributed by atoms with Gasteiger partial charge in [0.1, 0.15) is 35.6 Å². The summed E-state index contributed by atoms with van der Waals surface area (Å²) in [4.78, 5) is 1.05. The van der Waals surface area contributed by atoms with Crippen LogP contribution in [0.2, 0.25) is 0 Å². The molecule has 5 rings (SSSR count). The van der Waals surface area contributed by atoms with Gasteiger partial charge in [-0.15, -0.1) is 0 Å². The Balaban J connectivity index is 1.44. The first-order valence-electron chi connectivity index (χ1n) is 14.2. The minimum absolute atomic E-state index is 0.208. The van der Waals surface area contributed by atoms with E-state index in [0.29, 0.717) is 19.8 Å². The van der Waals surface area contributed by atoms with E-state index in [4.69, 9.17) is 23.7 Å². The van der Waals surface area contributed by atoms with Crippen LogP contribution >= 0.6 is 11.8 Å². The highest BCUT2D eigenvalue weighted by Gasteiger charge is 2.48. The molecule has 5 atom stereocenters. The lowest BCUT2D eigenvalue weighted by Gasteiger charge is -2.45. The molecule has 1 fully saturated rings. The van der Waals surface area contributed by atoms with Crippen LogP contribution in [0.25, 0.3) is 0 Å². The van der Waals surface area contributed by atoms with Gasteiger partial charge in [-0.3, -0.25) is 0 Å². The van der Waals surface area contributed by atoms with Crippen LogP contribution in [-0.2, 0) is 38.8 Å². The molecular weight excluding hydrogens is 548 g/mol. The third kappa shape index (κ3) is 8.22. The van der Waals surface area contributed by atoms with E-state index in [1.807, 2.05) is 84.9 Å². The Labute approximate surface area is 252 Å². The van der Waals surface area contributed by atoms with Crippen molar-refractivity contribution in [2.45, 2.75) is 61.5 Å². The number of hydrogen-bond acceptors (Lipinski definition) is 7. The molecule has 0 saturated carbocycles. The van der Waals surface area contributed by atoms with Crippen molar-refractivity contribution in [3.05, 3.63) is 131 Å². The lowest BCUT2D eigenvalue weighted by atomic mass is 9.99. The number of hydrogen-bond donors (Lipinski definition) is 1. The molecule has 1 heterocycles. The number of benzene rings is 4. The Morgan fingerprint density at radius 3 is 1.71 bits per heavy atom. The molecule has 220 valence electrons. The summed E-state index contributed by atoms with van der Waals surface area (Å²) in [5.41, 5.74) is 3.82. The van der Waals surface area contributed by atoms with E-state index in [9.17, 15) is 5.11 Å². The molecule has 1 aliphatic rings. The third-order valence-electron chi connectivity index (χ3n) is 7.22. The summed E-state index contributed by atoms with van der Waals surface area (Å²) >= 11 is 1.57. The second-order valence-electron chi connectivity index (χ2n) is 10.3. The second-order valence-corrected chi connectivity index (χ2v) is 11.5. The summed E-state index contributed by atoms with van der Waals surface area (Å²) in [6.07, 6.45) is -2.17. The van der Waals surface area contributed by atoms with Crippen molar-refractivity contribution in [3.63, 3.8) is 0 Å². The van der Waals surface area contributed by atoms with Crippen molar-refractivity contribution in [1.29, 1.82) is 0 Å². The standard InChI is InChI=1S/C35H38O6S/c1-25-13-19-30(20-14-25)42-35-34(40-24-28-15-17-29(37-2)18-16-28)33(39-23-27-11-7-4-8-12-27)32(31(21-36)41-35)38-22-26-9-5-3-6-10-26/h3-20,31-36H,21-24H2,1-2H3/t31-,32+,33+,34-,35+/m1/s1. The molecule has 4 aromatic rings. The maximum atomic E-state index is 10.5. The third-order valence-corrected chi connectivity index (χ3v) is 8.37. The van der Waals surface area contributed by atoms with Gasteiger partial charge in [-0.25, -0.2) is 0 Å². The highest BCUT2D eigenvalue weighted by Crippen LogP contribution is 2.38. The first-order valence-corrected chi connectivity index (χ1v) is 15.1. The van der Waals surface area contributed by atoms with Crippen molar-refractivity contribution in [2.75, 3.05) is 13.7 Å². The Morgan fingerprint density at radius 1 is 0.643 bits per heavy atom. The van der Waals surface area contributed by atoms with Crippen molar-refractivity contribution < 1.29 is 28.8 Å². The Morgan fingerprint density at radius 2 is 1.17 bits per heavy atom. The smallest absolute Gasteiger partial charge is 0.137 e. The topological polar surface area (TPSA) is 66.4 Å². The lowest BCUT2D eigenvalue weighted by molar-refractivity contribution is -0.251. The Hall–Kier alpha value is -3.17. The average Bonchev–Trinajstić information content (AvgIpc) is 3.04. The predicted molar refractivity (Wildman–Crippen MR) is 164 cm³/mol. The normalized spacial score (nSPS) is 22.1. The lowest BCUT2D eigenvalue weighted by Crippen LogP contribution is -2.60. The number of rotatable bonds is 13. The molecule has 1 aliphatic heterocycles. The molecular formula is C35H38O6S. The van der Waals surface area contributed by atoms with Crippen LogP contribution in [0.5, 0.6) is 5.75 Å². The zero-order valence-corrected chi connectivity index (χ0v) is 24.8. The second kappa shape index (κ2) is 15.3. The van der Waals surface area contributed by atoms with Gasteiger partial charge in [-0.05, 0) is 47.9 Å². The van der Waals surface area contributed by atoms with E-state index in [1.54, 1.807) is 18.9 Å². The van der Waals surface area contributed by atoms with Gasteiger partial charge in [-0.1, -0.05) is 102 Å². The van der Waals surface area contributed by atoms with Crippen LogP contribution in [-0.4, -0.2) is 48.7 Å². The molecule has 0 bridgehead atoms. The van der Waals surface area contributed by atoms with Crippen molar-refractivity contribution in [1.82, 2.24) is 0 Å². The fourth-order valence-electron chi connectivity index (χ4n) is 4.89. The monoisotopic (exact) mass is 586 g/mol. The Bertz CT molecular complexity index is 1330. The largest absolute Gasteiger partial charge is 0.497 e. The van der Waals surface area contributed by atoms with Crippen molar-refractivity contribution in [2.24, 2.45) is 0 Å². The van der Waals surface area contributed by atoms with E-state index < -0.39 is 29.9 Å². The molecule has 42 heavy (non-hydrogen) atoms. The summed E-state index contributed by atoms with van der Waals surface area (Å²) in [6.45, 7) is 2.94. The van der Waals surface area contributed by atoms with Crippen LogP contribution < -0.4 is 4.74 Å². The Kier molecular flexibility index (Phi) is 11.1. The zero-order valence-electron chi connectivity index (χ0n) is 24.0. The molecule has 1 saturated heterocycles. The van der Waals surface area contributed by atoms with E-state index in [0.717, 1.165) is 27.3 Å². The van der Waals surface area contributed by atoms with Gasteiger partial charge in [0.2, 0.25) is 0 Å². The van der Waals surface area contributed by atoms with E-state index in [2.05, 4.69) is 31.2 Å². The summed E-state index contributed by atoms with van der Waals surface area (Å²) in [5, 5.41) is 10.5. The molecule has 4 aromatic carbocycles. The number of aliphatic hydroxyl groups is 1. The van der Waals surface area contributed by atoms with E-state index in [1.165, 1.54) is 5.56 Å². The summed E-state index contributed by atoms with van der Waals surface area (Å²) in [5.74, 6) is 0.789. The van der Waals surface area contributed by atoms with Gasteiger partial charge in [0.05, 0.1) is 33.5 Å². The number of ether oxygens (including phenoxy) is 5. The molecule has 1 N–H and O–H groups in total. The SMILES string of the molecule is COc1ccc(CO[C@@H]2[C@@H](OCc3ccccc3)[C@@H](OCc3ccccc3)[C@@H](CO)O[C@H]2Sc2ccc(C)cc2)cc1. The van der Waals surface area contributed by atoms with Gasteiger partial charge < -0.3 is 28.8 Å². The van der Waals surface area contributed by atoms with Gasteiger partial charge in [0.25, 0.3) is 0 Å².